The van der Waals surface area contributed by atoms with Crippen LogP contribution in [0.3, 0.4) is 0 Å². The van der Waals surface area contributed by atoms with Gasteiger partial charge in [-0.1, -0.05) is 0 Å². The molecule has 1 aromatic carbocycles. The van der Waals surface area contributed by atoms with E-state index in [4.69, 9.17) is 4.42 Å². The highest BCUT2D eigenvalue weighted by molar-refractivity contribution is 5.84. The van der Waals surface area contributed by atoms with Gasteiger partial charge in [-0.3, -0.25) is 4.98 Å². The first-order chi connectivity index (χ1) is 15.3. The smallest absolute Gasteiger partial charge is 0.345 e. The predicted octanol–water partition coefficient (Wildman–Crippen LogP) is 2.68. The Morgan fingerprint density at radius 3 is 2.66 bits per heavy atom. The van der Waals surface area contributed by atoms with E-state index in [2.05, 4.69) is 19.8 Å². The van der Waals surface area contributed by atoms with E-state index in [1.807, 2.05) is 69.0 Å². The quantitative estimate of drug-likeness (QED) is 0.363. The van der Waals surface area contributed by atoms with Gasteiger partial charge in [-0.25, -0.2) is 9.78 Å². The summed E-state index contributed by atoms with van der Waals surface area (Å²) in [6.45, 7) is 5.22. The summed E-state index contributed by atoms with van der Waals surface area (Å²) in [7, 11) is 3.98. The minimum atomic E-state index is -0.432. The fourth-order valence-corrected chi connectivity index (χ4v) is 4.61. The Kier molecular flexibility index (Phi) is 4.82. The van der Waals surface area contributed by atoms with Gasteiger partial charge in [-0.2, -0.15) is 0 Å². The zero-order valence-corrected chi connectivity index (χ0v) is 18.6. The van der Waals surface area contributed by atoms with Gasteiger partial charge in [0.25, 0.3) is 0 Å². The molecule has 164 valence electrons. The first-order valence-corrected chi connectivity index (χ1v) is 10.6. The Balaban J connectivity index is 1.52. The van der Waals surface area contributed by atoms with E-state index < -0.39 is 5.63 Å². The zero-order chi connectivity index (χ0) is 22.6. The summed E-state index contributed by atoms with van der Waals surface area (Å²) >= 11 is 0. The van der Waals surface area contributed by atoms with Crippen LogP contribution in [0.4, 0.5) is 5.69 Å². The van der Waals surface area contributed by atoms with Crippen molar-refractivity contribution in [3.63, 3.8) is 0 Å². The van der Waals surface area contributed by atoms with Crippen LogP contribution in [0, 0.1) is 19.8 Å². The SMILES string of the molecule is Cc1cn2cc(-c3cc4ccc(N5C[C@H](C=O)[C@@H](N(C)C)C5)cc4oc3=O)nc2c(C)n1. The van der Waals surface area contributed by atoms with Crippen LogP contribution >= 0.6 is 0 Å². The van der Waals surface area contributed by atoms with Crippen molar-refractivity contribution in [3.8, 4) is 11.3 Å². The van der Waals surface area contributed by atoms with Gasteiger partial charge in [0.1, 0.15) is 11.9 Å². The van der Waals surface area contributed by atoms with Crippen LogP contribution in [0.5, 0.6) is 0 Å². The van der Waals surface area contributed by atoms with E-state index >= 15 is 0 Å². The molecule has 3 aromatic heterocycles. The molecule has 4 aromatic rings. The van der Waals surface area contributed by atoms with E-state index in [1.165, 1.54) is 0 Å². The number of hydrogen-bond donors (Lipinski definition) is 0. The summed E-state index contributed by atoms with van der Waals surface area (Å²) in [6.07, 6.45) is 4.75. The molecule has 1 saturated heterocycles. The second kappa shape index (κ2) is 7.56. The lowest BCUT2D eigenvalue weighted by Gasteiger charge is -2.22. The lowest BCUT2D eigenvalue weighted by molar-refractivity contribution is -0.111. The summed E-state index contributed by atoms with van der Waals surface area (Å²) in [5, 5.41) is 0.821. The number of benzene rings is 1. The highest BCUT2D eigenvalue weighted by Crippen LogP contribution is 2.29. The van der Waals surface area contributed by atoms with Crippen LogP contribution in [-0.4, -0.2) is 58.8 Å². The lowest BCUT2D eigenvalue weighted by atomic mass is 10.1. The van der Waals surface area contributed by atoms with Crippen molar-refractivity contribution in [2.45, 2.75) is 19.9 Å². The van der Waals surface area contributed by atoms with Crippen LogP contribution in [0.25, 0.3) is 27.9 Å². The monoisotopic (exact) mass is 431 g/mol. The second-order valence-corrected chi connectivity index (χ2v) is 8.73. The number of imidazole rings is 1. The van der Waals surface area contributed by atoms with Gasteiger partial charge in [0.2, 0.25) is 0 Å². The molecule has 2 atom stereocenters. The molecule has 0 N–H and O–H groups in total. The molecule has 5 rings (SSSR count). The molecule has 1 fully saturated rings. The van der Waals surface area contributed by atoms with Crippen LogP contribution < -0.4 is 10.5 Å². The van der Waals surface area contributed by atoms with Gasteiger partial charge in [0.05, 0.1) is 22.6 Å². The molecule has 0 saturated carbocycles. The molecule has 8 heteroatoms. The van der Waals surface area contributed by atoms with Crippen LogP contribution in [0.1, 0.15) is 11.4 Å². The Morgan fingerprint density at radius 2 is 1.94 bits per heavy atom. The minimum Gasteiger partial charge on any atom is -0.422 e. The number of anilines is 1. The number of likely N-dealkylation sites (N-methyl/N-ethyl adjacent to an activating group) is 1. The molecule has 4 heterocycles. The number of rotatable bonds is 4. The number of carbonyl (C=O) groups is 1. The number of fused-ring (bicyclic) bond motifs is 2. The highest BCUT2D eigenvalue weighted by atomic mass is 16.4. The molecule has 8 nitrogen and oxygen atoms in total. The Labute approximate surface area is 185 Å². The van der Waals surface area contributed by atoms with Crippen LogP contribution in [0.2, 0.25) is 0 Å². The van der Waals surface area contributed by atoms with Crippen molar-refractivity contribution < 1.29 is 9.21 Å². The molecular weight excluding hydrogens is 406 g/mol. The summed E-state index contributed by atoms with van der Waals surface area (Å²) in [5.74, 6) is -0.0493. The molecule has 0 spiro atoms. The first-order valence-electron chi connectivity index (χ1n) is 10.6. The Morgan fingerprint density at radius 1 is 1.12 bits per heavy atom. The Hall–Kier alpha value is -3.52. The molecule has 0 aliphatic carbocycles. The fraction of sp³-hybridized carbons (Fsp3) is 0.333. The summed E-state index contributed by atoms with van der Waals surface area (Å²) in [6, 6.07) is 7.81. The number of nitrogens with zero attached hydrogens (tertiary/aromatic N) is 5. The second-order valence-electron chi connectivity index (χ2n) is 8.73. The van der Waals surface area contributed by atoms with Gasteiger partial charge in [0, 0.05) is 54.6 Å². The number of aryl methyl sites for hydroxylation is 2. The molecule has 0 unspecified atom stereocenters. The minimum absolute atomic E-state index is 0.0493. The van der Waals surface area contributed by atoms with Crippen LogP contribution in [0.15, 0.2) is 45.9 Å². The van der Waals surface area contributed by atoms with E-state index in [9.17, 15) is 9.59 Å². The van der Waals surface area contributed by atoms with Gasteiger partial charge in [-0.05, 0) is 46.1 Å². The van der Waals surface area contributed by atoms with Crippen molar-refractivity contribution >= 4 is 28.6 Å². The molecular formula is C24H25N5O3. The van der Waals surface area contributed by atoms with E-state index in [-0.39, 0.29) is 12.0 Å². The van der Waals surface area contributed by atoms with Crippen molar-refractivity contribution in [1.82, 2.24) is 19.3 Å². The third-order valence-corrected chi connectivity index (χ3v) is 6.26. The predicted molar refractivity (Wildman–Crippen MR) is 123 cm³/mol. The third-order valence-electron chi connectivity index (χ3n) is 6.26. The van der Waals surface area contributed by atoms with Crippen molar-refractivity contribution in [2.24, 2.45) is 5.92 Å². The van der Waals surface area contributed by atoms with Crippen molar-refractivity contribution in [3.05, 3.63) is 58.5 Å². The van der Waals surface area contributed by atoms with Crippen molar-refractivity contribution in [1.29, 1.82) is 0 Å². The summed E-state index contributed by atoms with van der Waals surface area (Å²) in [5.41, 5.74) is 4.41. The van der Waals surface area contributed by atoms with Gasteiger partial charge in [0.15, 0.2) is 5.65 Å². The fourth-order valence-electron chi connectivity index (χ4n) is 4.61. The molecule has 0 amide bonds. The molecule has 32 heavy (non-hydrogen) atoms. The zero-order valence-electron chi connectivity index (χ0n) is 18.6. The Bertz CT molecular complexity index is 1400. The average molecular weight is 431 g/mol. The first kappa shape index (κ1) is 20.4. The van der Waals surface area contributed by atoms with Gasteiger partial charge >= 0.3 is 5.63 Å². The molecule has 0 bridgehead atoms. The number of carbonyl (C=O) groups excluding carboxylic acids is 1. The number of hydrogen-bond acceptors (Lipinski definition) is 7. The summed E-state index contributed by atoms with van der Waals surface area (Å²) in [4.78, 5) is 37.6. The van der Waals surface area contributed by atoms with Crippen LogP contribution in [-0.2, 0) is 4.79 Å². The standard InChI is InChI=1S/C24H25N5O3/c1-14-9-29-11-20(26-23(29)15(2)25-14)19-7-16-5-6-18(8-22(16)32-24(19)31)28-10-17(13-30)21(12-28)27(3)4/h5-9,11,13,17,21H,10,12H2,1-4H3/t17-,21+/m1/s1. The number of aromatic nitrogens is 3. The largest absolute Gasteiger partial charge is 0.422 e. The number of aldehydes is 1. The maximum atomic E-state index is 12.8. The van der Waals surface area contributed by atoms with E-state index in [0.29, 0.717) is 23.4 Å². The molecule has 0 radical (unpaired) electrons. The third kappa shape index (κ3) is 3.36. The normalized spacial score (nSPS) is 18.8. The topological polar surface area (TPSA) is 84.0 Å². The maximum absolute atomic E-state index is 12.8. The van der Waals surface area contributed by atoms with Crippen molar-refractivity contribution in [2.75, 3.05) is 32.1 Å². The van der Waals surface area contributed by atoms with Gasteiger partial charge in [-0.15, -0.1) is 0 Å². The van der Waals surface area contributed by atoms with E-state index in [1.54, 1.807) is 0 Å². The highest BCUT2D eigenvalue weighted by Gasteiger charge is 2.34. The van der Waals surface area contributed by atoms with Gasteiger partial charge < -0.3 is 23.4 Å². The van der Waals surface area contributed by atoms with E-state index in [0.717, 1.165) is 40.9 Å². The summed E-state index contributed by atoms with van der Waals surface area (Å²) < 4.78 is 7.58. The maximum Gasteiger partial charge on any atom is 0.345 e. The lowest BCUT2D eigenvalue weighted by Crippen LogP contribution is -2.35. The molecule has 1 aliphatic heterocycles. The average Bonchev–Trinajstić information content (AvgIpc) is 3.37. The molecule has 1 aliphatic rings.